The molecule has 38 nitrogen and oxygen atoms in total. The number of nitrogens with zero attached hydrogens (tertiary/aromatic N) is 4. The zero-order valence-electron chi connectivity index (χ0n) is 44.4. The Hall–Kier alpha value is -5.53. The summed E-state index contributed by atoms with van der Waals surface area (Å²) in [5.74, 6) is -0.806. The number of ether oxygens (including phenoxy) is 5. The molecule has 8 rings (SSSR count). The van der Waals surface area contributed by atoms with Gasteiger partial charge in [0.2, 0.25) is 0 Å². The molecule has 15 unspecified atom stereocenters. The monoisotopic (exact) mass is 1280 g/mol. The predicted octanol–water partition coefficient (Wildman–Crippen LogP) is -1.88. The number of aromatic amines is 4. The predicted molar refractivity (Wildman–Crippen MR) is 274 cm³/mol. The highest BCUT2D eigenvalue weighted by molar-refractivity contribution is 7.48. The number of hydrogen-bond acceptors (Lipinski definition) is 25. The van der Waals surface area contributed by atoms with Crippen molar-refractivity contribution in [2.75, 3.05) is 26.4 Å². The van der Waals surface area contributed by atoms with Crippen molar-refractivity contribution < 1.29 is 103 Å². The number of H-pyrrole nitrogens is 4. The molecule has 4 fully saturated rings. The smallest absolute Gasteiger partial charge is 0.460 e. The molecule has 0 aromatic carbocycles. The van der Waals surface area contributed by atoms with E-state index in [1.165, 1.54) is 33.9 Å². The van der Waals surface area contributed by atoms with Crippen LogP contribution in [-0.4, -0.2) is 144 Å². The molecule has 4 aliphatic rings. The molecule has 9 N–H and O–H groups in total. The molecule has 0 amide bonds. The standard InChI is InChI=1S/C42H56N8O30P4/c1-18-10-47(39(56)43-35(18)52)31-6-23(73-22(5)51)27(74-31)15-70-82(63,64)79-25-8-33(49-12-20(3)37(54)45-41(49)58)76-29(25)17-72-84(67,68)80-26-9-34(50-13-21(4)38(55)46-42(50)59)77-30(26)16-71-83(65,66)78-24-7-32(75-28(24)14-69-81(60,61)62)48-11-19(2)36(53)44-40(48)57/h10-13,23-34H,6-9,14-17H2,1-5H3,(H,63,64)(H,65,66)(H,67,68)(H,43,52,56)(H,44,53,57)(H,45,54,58)(H,46,55,59)(H2,60,61,62). The van der Waals surface area contributed by atoms with Gasteiger partial charge in [-0.2, -0.15) is 0 Å². The number of nitrogens with one attached hydrogen (secondary N) is 4. The summed E-state index contributed by atoms with van der Waals surface area (Å²) in [7, 11) is -21.5. The van der Waals surface area contributed by atoms with Crippen LogP contribution in [-0.2, 0) is 78.4 Å². The SMILES string of the molecule is CC(=O)OC1CC(n2cc(C)c(=O)[nH]c2=O)OC1COP(=O)(O)OC1CC(n2cc(C)c(=O)[nH]c2=O)OC1COP(=O)(O)OC1CC(n2cc(C)c(=O)[nH]c2=O)OC1COP(=O)(O)OC1CC(n2cc(C)c(=O)[nH]c2=O)OC1COP(=O)(O)O. The second-order valence-electron chi connectivity index (χ2n) is 19.5. The highest BCUT2D eigenvalue weighted by Gasteiger charge is 2.49. The number of carbonyl (C=O) groups is 1. The fraction of sp³-hybridized carbons (Fsp3) is 0.595. The lowest BCUT2D eigenvalue weighted by Crippen LogP contribution is -2.33. The minimum Gasteiger partial charge on any atom is -0.460 e. The van der Waals surface area contributed by atoms with Gasteiger partial charge in [0.05, 0.1) is 26.4 Å². The first-order valence-electron chi connectivity index (χ1n) is 24.9. The van der Waals surface area contributed by atoms with Crippen LogP contribution < -0.4 is 45.0 Å². The molecule has 0 aliphatic carbocycles. The van der Waals surface area contributed by atoms with E-state index in [9.17, 15) is 85.9 Å². The van der Waals surface area contributed by atoms with Crippen LogP contribution in [0.15, 0.2) is 63.1 Å². The molecule has 8 heterocycles. The first-order valence-corrected chi connectivity index (χ1v) is 30.9. The van der Waals surface area contributed by atoms with Crippen molar-refractivity contribution in [1.29, 1.82) is 0 Å². The minimum atomic E-state index is -5.53. The lowest BCUT2D eigenvalue weighted by molar-refractivity contribution is -0.150. The second-order valence-corrected chi connectivity index (χ2v) is 25.0. The van der Waals surface area contributed by atoms with E-state index in [-0.39, 0.29) is 28.7 Å². The number of aromatic nitrogens is 8. The maximum Gasteiger partial charge on any atom is 0.472 e. The van der Waals surface area contributed by atoms with Crippen molar-refractivity contribution >= 4 is 37.3 Å². The third-order valence-electron chi connectivity index (χ3n) is 13.3. The molecule has 84 heavy (non-hydrogen) atoms. The lowest BCUT2D eigenvalue weighted by atomic mass is 10.2. The van der Waals surface area contributed by atoms with E-state index < -0.39 is 202 Å². The molecule has 0 radical (unpaired) electrons. The first-order chi connectivity index (χ1) is 39.1. The van der Waals surface area contributed by atoms with Crippen LogP contribution in [0.3, 0.4) is 0 Å². The summed E-state index contributed by atoms with van der Waals surface area (Å²) in [4.78, 5) is 172. The Bertz CT molecular complexity index is 3850. The normalized spacial score (nSPS) is 28.5. The van der Waals surface area contributed by atoms with Gasteiger partial charge in [-0.05, 0) is 27.7 Å². The van der Waals surface area contributed by atoms with Crippen molar-refractivity contribution in [3.05, 3.63) is 130 Å². The Labute approximate surface area is 468 Å². The van der Waals surface area contributed by atoms with Gasteiger partial charge in [0.25, 0.3) is 22.2 Å². The molecule has 4 saturated heterocycles. The van der Waals surface area contributed by atoms with Gasteiger partial charge in [0, 0.05) is 79.6 Å². The maximum atomic E-state index is 13.9. The molecule has 15 atom stereocenters. The highest BCUT2D eigenvalue weighted by Crippen LogP contribution is 2.54. The fourth-order valence-corrected chi connectivity index (χ4v) is 12.5. The Balaban J connectivity index is 0.987. The van der Waals surface area contributed by atoms with E-state index >= 15 is 0 Å². The summed E-state index contributed by atoms with van der Waals surface area (Å²) in [5, 5.41) is 0. The number of phosphoric acid groups is 4. The van der Waals surface area contributed by atoms with E-state index in [0.29, 0.717) is 0 Å². The second kappa shape index (κ2) is 25.4. The van der Waals surface area contributed by atoms with Crippen LogP contribution in [0.4, 0.5) is 0 Å². The summed E-state index contributed by atoms with van der Waals surface area (Å²) in [6, 6.07) is 0. The van der Waals surface area contributed by atoms with Gasteiger partial charge in [-0.1, -0.05) is 0 Å². The van der Waals surface area contributed by atoms with E-state index in [1.54, 1.807) is 0 Å². The average molecular weight is 1280 g/mol. The van der Waals surface area contributed by atoms with Gasteiger partial charge >= 0.3 is 60.0 Å². The Morgan fingerprint density at radius 2 is 0.690 bits per heavy atom. The Morgan fingerprint density at radius 3 is 0.940 bits per heavy atom. The van der Waals surface area contributed by atoms with Crippen LogP contribution in [0.2, 0.25) is 0 Å². The number of aryl methyl sites for hydroxylation is 4. The van der Waals surface area contributed by atoms with Crippen LogP contribution in [0.5, 0.6) is 0 Å². The summed E-state index contributed by atoms with van der Waals surface area (Å²) in [5.41, 5.74) is -6.82. The average Bonchev–Trinajstić information content (AvgIpc) is 4.17. The number of rotatable bonds is 23. The zero-order chi connectivity index (χ0) is 61.5. The van der Waals surface area contributed by atoms with Crippen LogP contribution in [0.1, 0.15) is 79.8 Å². The zero-order valence-corrected chi connectivity index (χ0v) is 48.0. The van der Waals surface area contributed by atoms with E-state index in [1.807, 2.05) is 9.97 Å². The molecule has 0 bridgehead atoms. The molecule has 0 spiro atoms. The van der Waals surface area contributed by atoms with Crippen molar-refractivity contribution in [3.63, 3.8) is 0 Å². The Kier molecular flexibility index (Phi) is 19.5. The quantitative estimate of drug-likeness (QED) is 0.0290. The number of phosphoric ester groups is 4. The molecule has 4 aromatic rings. The Morgan fingerprint density at radius 1 is 0.452 bits per heavy atom. The van der Waals surface area contributed by atoms with Crippen LogP contribution >= 0.6 is 31.3 Å². The van der Waals surface area contributed by atoms with Crippen LogP contribution in [0, 0.1) is 27.7 Å². The molecule has 4 aromatic heterocycles. The third-order valence-corrected chi connectivity index (χ3v) is 16.8. The summed E-state index contributed by atoms with van der Waals surface area (Å²) in [6.45, 7) is 2.47. The van der Waals surface area contributed by atoms with E-state index in [2.05, 4.69) is 14.5 Å². The molecular formula is C42H56N8O30P4. The van der Waals surface area contributed by atoms with Crippen molar-refractivity contribution in [3.8, 4) is 0 Å². The maximum absolute atomic E-state index is 13.9. The molecule has 0 saturated carbocycles. The summed E-state index contributed by atoms with van der Waals surface area (Å²) < 4.78 is 122. The van der Waals surface area contributed by atoms with Crippen molar-refractivity contribution in [2.45, 2.75) is 134 Å². The molecular weight excluding hydrogens is 1220 g/mol. The largest absolute Gasteiger partial charge is 0.472 e. The minimum absolute atomic E-state index is 0.00386. The summed E-state index contributed by atoms with van der Waals surface area (Å²) in [6.07, 6.45) is -15.6. The number of carbonyl (C=O) groups excluding carboxylic acids is 1. The van der Waals surface area contributed by atoms with E-state index in [4.69, 9.17) is 50.8 Å². The highest BCUT2D eigenvalue weighted by atomic mass is 31.2. The van der Waals surface area contributed by atoms with Gasteiger partial charge in [-0.3, -0.25) is 93.8 Å². The van der Waals surface area contributed by atoms with Crippen LogP contribution in [0.25, 0.3) is 0 Å². The first kappa shape index (κ1) is 64.5. The van der Waals surface area contributed by atoms with Gasteiger partial charge in [-0.15, -0.1) is 0 Å². The summed E-state index contributed by atoms with van der Waals surface area (Å²) >= 11 is 0. The molecule has 4 aliphatic heterocycles. The lowest BCUT2D eigenvalue weighted by Gasteiger charge is -2.25. The van der Waals surface area contributed by atoms with Gasteiger partial charge in [0.15, 0.2) is 0 Å². The van der Waals surface area contributed by atoms with Gasteiger partial charge in [-0.25, -0.2) is 37.4 Å². The topological polar surface area (TPSA) is 517 Å². The fourth-order valence-electron chi connectivity index (χ4n) is 9.23. The number of esters is 1. The number of hydrogen-bond donors (Lipinski definition) is 9. The third kappa shape index (κ3) is 15.9. The molecule has 42 heteroatoms. The van der Waals surface area contributed by atoms with Crippen molar-refractivity contribution in [1.82, 2.24) is 38.2 Å². The van der Waals surface area contributed by atoms with E-state index in [0.717, 1.165) is 43.8 Å². The molecule has 464 valence electrons. The van der Waals surface area contributed by atoms with Crippen molar-refractivity contribution in [2.24, 2.45) is 0 Å². The van der Waals surface area contributed by atoms with Gasteiger partial charge < -0.3 is 48.2 Å². The van der Waals surface area contributed by atoms with Gasteiger partial charge in [0.1, 0.15) is 73.7 Å².